The van der Waals surface area contributed by atoms with Gasteiger partial charge in [0.1, 0.15) is 6.33 Å². The Morgan fingerprint density at radius 1 is 1.19 bits per heavy atom. The summed E-state index contributed by atoms with van der Waals surface area (Å²) in [5, 5.41) is 1.68. The van der Waals surface area contributed by atoms with Crippen molar-refractivity contribution < 1.29 is 0 Å². The van der Waals surface area contributed by atoms with Crippen molar-refractivity contribution in [3.63, 3.8) is 0 Å². The Morgan fingerprint density at radius 2 is 2.06 bits per heavy atom. The lowest BCUT2D eigenvalue weighted by molar-refractivity contribution is 1.17. The molecule has 0 aliphatic rings. The van der Waals surface area contributed by atoms with Gasteiger partial charge in [-0.15, -0.1) is 0 Å². The molecule has 3 aromatic rings. The fourth-order valence-corrected chi connectivity index (χ4v) is 1.99. The Morgan fingerprint density at radius 3 is 2.94 bits per heavy atom. The molecule has 0 aliphatic heterocycles. The lowest BCUT2D eigenvalue weighted by atomic mass is 10.1. The number of hydrogen-bond donors (Lipinski definition) is 1. The lowest BCUT2D eigenvalue weighted by Gasteiger charge is -1.99. The predicted molar refractivity (Wildman–Crippen MR) is 64.3 cm³/mol. The van der Waals surface area contributed by atoms with Gasteiger partial charge in [0.05, 0.1) is 10.7 Å². The fourth-order valence-electron chi connectivity index (χ4n) is 1.78. The number of H-pyrrole nitrogens is 1. The molecule has 3 rings (SSSR count). The van der Waals surface area contributed by atoms with Crippen LogP contribution in [0.2, 0.25) is 5.02 Å². The van der Waals surface area contributed by atoms with Crippen molar-refractivity contribution in [1.82, 2.24) is 15.0 Å². The summed E-state index contributed by atoms with van der Waals surface area (Å²) >= 11 is 6.08. The van der Waals surface area contributed by atoms with Crippen molar-refractivity contribution >= 4 is 22.5 Å². The maximum Gasteiger partial charge on any atom is 0.116 e. The number of para-hydroxylation sites is 1. The molecule has 0 amide bonds. The molecule has 0 bridgehead atoms. The quantitative estimate of drug-likeness (QED) is 0.696. The van der Waals surface area contributed by atoms with E-state index in [1.54, 1.807) is 6.20 Å². The first-order valence-corrected chi connectivity index (χ1v) is 5.26. The lowest BCUT2D eigenvalue weighted by Crippen LogP contribution is -1.84. The number of hydrogen-bond acceptors (Lipinski definition) is 2. The molecule has 0 atom stereocenters. The molecule has 1 aromatic carbocycles. The monoisotopic (exact) mass is 229 g/mol. The number of fused-ring (bicyclic) bond motifs is 1. The van der Waals surface area contributed by atoms with Crippen molar-refractivity contribution in [2.24, 2.45) is 0 Å². The van der Waals surface area contributed by atoms with E-state index < -0.39 is 0 Å². The van der Waals surface area contributed by atoms with Gasteiger partial charge >= 0.3 is 0 Å². The molecule has 0 saturated carbocycles. The number of benzene rings is 1. The Hall–Kier alpha value is -1.87. The van der Waals surface area contributed by atoms with Gasteiger partial charge in [0.25, 0.3) is 0 Å². The molecule has 1 N–H and O–H groups in total. The van der Waals surface area contributed by atoms with Crippen molar-refractivity contribution in [1.29, 1.82) is 0 Å². The Labute approximate surface area is 97.1 Å². The molecule has 2 aromatic heterocycles. The third kappa shape index (κ3) is 1.37. The smallest absolute Gasteiger partial charge is 0.116 e. The van der Waals surface area contributed by atoms with E-state index in [0.717, 1.165) is 22.2 Å². The van der Waals surface area contributed by atoms with Crippen LogP contribution in [0, 0.1) is 0 Å². The van der Waals surface area contributed by atoms with E-state index in [1.165, 1.54) is 6.33 Å². The van der Waals surface area contributed by atoms with Gasteiger partial charge in [0.15, 0.2) is 0 Å². The minimum atomic E-state index is 0.562. The summed E-state index contributed by atoms with van der Waals surface area (Å²) in [6.07, 6.45) is 5.02. The van der Waals surface area contributed by atoms with Gasteiger partial charge in [-0.05, 0) is 6.07 Å². The normalized spacial score (nSPS) is 10.8. The molecule has 0 aliphatic carbocycles. The van der Waals surface area contributed by atoms with Crippen LogP contribution in [0.15, 0.2) is 43.0 Å². The molecular weight excluding hydrogens is 222 g/mol. The summed E-state index contributed by atoms with van der Waals surface area (Å²) in [5.74, 6) is 0. The molecule has 0 radical (unpaired) electrons. The molecule has 0 unspecified atom stereocenters. The van der Waals surface area contributed by atoms with E-state index in [-0.39, 0.29) is 0 Å². The van der Waals surface area contributed by atoms with Crippen molar-refractivity contribution in [3.05, 3.63) is 48.0 Å². The number of rotatable bonds is 1. The molecule has 4 heteroatoms. The number of aromatic nitrogens is 3. The summed E-state index contributed by atoms with van der Waals surface area (Å²) in [6.45, 7) is 0. The predicted octanol–water partition coefficient (Wildman–Crippen LogP) is 3.28. The van der Waals surface area contributed by atoms with E-state index in [0.29, 0.717) is 5.02 Å². The molecule has 16 heavy (non-hydrogen) atoms. The van der Waals surface area contributed by atoms with Crippen LogP contribution in [0.1, 0.15) is 0 Å². The van der Waals surface area contributed by atoms with Crippen LogP contribution in [0.3, 0.4) is 0 Å². The highest BCUT2D eigenvalue weighted by Gasteiger charge is 2.09. The summed E-state index contributed by atoms with van der Waals surface area (Å²) in [6, 6.07) is 8.05. The molecular formula is C12H8ClN3. The zero-order valence-corrected chi connectivity index (χ0v) is 9.07. The first-order valence-electron chi connectivity index (χ1n) is 4.88. The van der Waals surface area contributed by atoms with Crippen LogP contribution in [-0.4, -0.2) is 15.0 Å². The second-order valence-electron chi connectivity index (χ2n) is 3.47. The van der Waals surface area contributed by atoms with Gasteiger partial charge in [-0.25, -0.2) is 9.97 Å². The third-order valence-electron chi connectivity index (χ3n) is 2.51. The maximum absolute atomic E-state index is 6.08. The van der Waals surface area contributed by atoms with Gasteiger partial charge in [0, 0.05) is 28.9 Å². The average molecular weight is 230 g/mol. The second-order valence-corrected chi connectivity index (χ2v) is 3.87. The second kappa shape index (κ2) is 3.61. The zero-order valence-electron chi connectivity index (χ0n) is 8.31. The number of aromatic amines is 1. The van der Waals surface area contributed by atoms with Gasteiger partial charge in [0.2, 0.25) is 0 Å². The Kier molecular flexibility index (Phi) is 2.11. The zero-order chi connectivity index (χ0) is 11.0. The maximum atomic E-state index is 6.08. The van der Waals surface area contributed by atoms with Crippen molar-refractivity contribution in [2.75, 3.05) is 0 Å². The molecule has 0 spiro atoms. The molecule has 78 valence electrons. The summed E-state index contributed by atoms with van der Waals surface area (Å²) in [4.78, 5) is 11.3. The average Bonchev–Trinajstić information content (AvgIpc) is 2.74. The highest BCUT2D eigenvalue weighted by atomic mass is 35.5. The molecule has 2 heterocycles. The van der Waals surface area contributed by atoms with Crippen LogP contribution in [0.25, 0.3) is 22.2 Å². The van der Waals surface area contributed by atoms with Gasteiger partial charge < -0.3 is 4.98 Å². The van der Waals surface area contributed by atoms with E-state index in [4.69, 9.17) is 11.6 Å². The molecule has 3 nitrogen and oxygen atoms in total. The SMILES string of the molecule is Clc1cncnc1-c1c[nH]c2ccccc12. The van der Waals surface area contributed by atoms with E-state index >= 15 is 0 Å². The van der Waals surface area contributed by atoms with Gasteiger partial charge in [-0.1, -0.05) is 29.8 Å². The first kappa shape index (κ1) is 9.36. The van der Waals surface area contributed by atoms with Crippen LogP contribution in [0.5, 0.6) is 0 Å². The van der Waals surface area contributed by atoms with E-state index in [1.807, 2.05) is 30.5 Å². The van der Waals surface area contributed by atoms with Crippen LogP contribution >= 0.6 is 11.6 Å². The van der Waals surface area contributed by atoms with Crippen LogP contribution < -0.4 is 0 Å². The molecule has 0 saturated heterocycles. The highest BCUT2D eigenvalue weighted by Crippen LogP contribution is 2.30. The summed E-state index contributed by atoms with van der Waals surface area (Å²) < 4.78 is 0. The fraction of sp³-hybridized carbons (Fsp3) is 0. The standard InChI is InChI=1S/C12H8ClN3/c13-10-6-14-7-16-12(10)9-5-15-11-4-2-1-3-8(9)11/h1-7,15H. The summed E-state index contributed by atoms with van der Waals surface area (Å²) in [7, 11) is 0. The Balaban J connectivity index is 2.31. The number of halogens is 1. The van der Waals surface area contributed by atoms with Crippen LogP contribution in [0.4, 0.5) is 0 Å². The van der Waals surface area contributed by atoms with Crippen molar-refractivity contribution in [2.45, 2.75) is 0 Å². The third-order valence-corrected chi connectivity index (χ3v) is 2.79. The topological polar surface area (TPSA) is 41.6 Å². The summed E-state index contributed by atoms with van der Waals surface area (Å²) in [5.41, 5.74) is 2.84. The highest BCUT2D eigenvalue weighted by molar-refractivity contribution is 6.33. The number of nitrogens with one attached hydrogen (secondary N) is 1. The Bertz CT molecular complexity index is 645. The van der Waals surface area contributed by atoms with Gasteiger partial charge in [-0.2, -0.15) is 0 Å². The minimum absolute atomic E-state index is 0.562. The number of nitrogens with zero attached hydrogens (tertiary/aromatic N) is 2. The van der Waals surface area contributed by atoms with E-state index in [2.05, 4.69) is 15.0 Å². The largest absolute Gasteiger partial charge is 0.360 e. The minimum Gasteiger partial charge on any atom is -0.360 e. The van der Waals surface area contributed by atoms with E-state index in [9.17, 15) is 0 Å². The van der Waals surface area contributed by atoms with Crippen molar-refractivity contribution in [3.8, 4) is 11.3 Å². The van der Waals surface area contributed by atoms with Crippen LogP contribution in [-0.2, 0) is 0 Å². The van der Waals surface area contributed by atoms with Gasteiger partial charge in [-0.3, -0.25) is 0 Å². The molecule has 0 fully saturated rings. The first-order chi connectivity index (χ1) is 7.86.